The van der Waals surface area contributed by atoms with E-state index in [0.717, 1.165) is 24.6 Å². The third kappa shape index (κ3) is 9.03. The lowest BCUT2D eigenvalue weighted by Gasteiger charge is -2.13. The molecule has 0 unspecified atom stereocenters. The summed E-state index contributed by atoms with van der Waals surface area (Å²) in [5.74, 6) is 0.723. The Morgan fingerprint density at radius 3 is 2.64 bits per heavy atom. The molecule has 0 aliphatic heterocycles. The van der Waals surface area contributed by atoms with Crippen LogP contribution in [0.3, 0.4) is 0 Å². The van der Waals surface area contributed by atoms with Crippen molar-refractivity contribution in [3.63, 3.8) is 0 Å². The number of hydrogen-bond donors (Lipinski definition) is 3. The molecule has 0 radical (unpaired) electrons. The van der Waals surface area contributed by atoms with Crippen molar-refractivity contribution in [2.24, 2.45) is 4.99 Å². The summed E-state index contributed by atoms with van der Waals surface area (Å²) in [7, 11) is 3.97. The van der Waals surface area contributed by atoms with Crippen LogP contribution in [0, 0.1) is 0 Å². The Kier molecular flexibility index (Phi) is 11.8. The van der Waals surface area contributed by atoms with Crippen LogP contribution in [-0.4, -0.2) is 50.5 Å². The second-order valence-corrected chi connectivity index (χ2v) is 7.22. The summed E-state index contributed by atoms with van der Waals surface area (Å²) in [4.78, 5) is 18.9. The van der Waals surface area contributed by atoms with E-state index in [0.29, 0.717) is 25.2 Å². The second kappa shape index (κ2) is 13.5. The Morgan fingerprint density at radius 1 is 1.14 bits per heavy atom. The molecule has 0 spiro atoms. The molecule has 1 amide bonds. The summed E-state index contributed by atoms with van der Waals surface area (Å²) < 4.78 is 0. The van der Waals surface area contributed by atoms with E-state index >= 15 is 0 Å². The van der Waals surface area contributed by atoms with Gasteiger partial charge in [0.2, 0.25) is 0 Å². The minimum Gasteiger partial charge on any atom is -0.357 e. The fourth-order valence-electron chi connectivity index (χ4n) is 2.40. The van der Waals surface area contributed by atoms with Gasteiger partial charge in [0.25, 0.3) is 5.91 Å². The number of nitrogens with one attached hydrogen (secondary N) is 3. The number of likely N-dealkylation sites (N-methyl/N-ethyl adjacent to an activating group) is 1. The lowest BCUT2D eigenvalue weighted by molar-refractivity contribution is 0.0951. The second-order valence-electron chi connectivity index (χ2n) is 6.44. The normalized spacial score (nSPS) is 11.1. The van der Waals surface area contributed by atoms with Crippen molar-refractivity contribution >= 4 is 47.2 Å². The molecule has 1 heterocycles. The molecule has 6 nitrogen and oxygen atoms in total. The van der Waals surface area contributed by atoms with E-state index in [9.17, 15) is 4.79 Å². The van der Waals surface area contributed by atoms with E-state index in [2.05, 4.69) is 37.8 Å². The van der Waals surface area contributed by atoms with E-state index < -0.39 is 0 Å². The van der Waals surface area contributed by atoms with E-state index in [1.54, 1.807) is 11.3 Å². The van der Waals surface area contributed by atoms with Gasteiger partial charge in [-0.25, -0.2) is 4.99 Å². The highest BCUT2D eigenvalue weighted by molar-refractivity contribution is 14.0. The highest BCUT2D eigenvalue weighted by Crippen LogP contribution is 2.07. The first kappa shape index (κ1) is 24.4. The quantitative estimate of drug-likeness (QED) is 0.273. The predicted molar refractivity (Wildman–Crippen MR) is 129 cm³/mol. The van der Waals surface area contributed by atoms with Gasteiger partial charge in [-0.3, -0.25) is 4.79 Å². The number of rotatable bonds is 9. The molecule has 2 aromatic rings. The molecule has 2 rings (SSSR count). The molecular formula is C20H30IN5OS. The number of hydrogen-bond acceptors (Lipinski definition) is 4. The van der Waals surface area contributed by atoms with Gasteiger partial charge >= 0.3 is 0 Å². The van der Waals surface area contributed by atoms with Crippen molar-refractivity contribution in [1.29, 1.82) is 0 Å². The number of amides is 1. The van der Waals surface area contributed by atoms with Crippen LogP contribution in [0.4, 0.5) is 0 Å². The number of aliphatic imine (C=N–C) groups is 1. The average molecular weight is 515 g/mol. The van der Waals surface area contributed by atoms with Crippen LogP contribution in [-0.2, 0) is 13.1 Å². The van der Waals surface area contributed by atoms with E-state index in [1.807, 2.05) is 50.2 Å². The van der Waals surface area contributed by atoms with Gasteiger partial charge in [0.15, 0.2) is 5.96 Å². The molecule has 8 heteroatoms. The Bertz CT molecular complexity index is 734. The fourth-order valence-corrected chi connectivity index (χ4v) is 3.06. The van der Waals surface area contributed by atoms with Crippen molar-refractivity contribution in [2.75, 3.05) is 33.7 Å². The van der Waals surface area contributed by atoms with Gasteiger partial charge in [0, 0.05) is 31.7 Å². The van der Waals surface area contributed by atoms with Crippen LogP contribution in [0.5, 0.6) is 0 Å². The first-order valence-corrected chi connectivity index (χ1v) is 10.1. The average Bonchev–Trinajstić information content (AvgIpc) is 3.17. The molecule has 1 aromatic carbocycles. The number of guanidine groups is 1. The number of thiophene rings is 1. The Labute approximate surface area is 188 Å². The van der Waals surface area contributed by atoms with Gasteiger partial charge in [-0.2, -0.15) is 11.3 Å². The topological polar surface area (TPSA) is 68.8 Å². The number of carbonyl (C=O) groups excluding carboxylic acids is 1. The summed E-state index contributed by atoms with van der Waals surface area (Å²) in [6, 6.07) is 9.75. The number of halogens is 1. The summed E-state index contributed by atoms with van der Waals surface area (Å²) in [6.07, 6.45) is 0. The molecule has 0 bridgehead atoms. The Hall–Kier alpha value is -1.65. The number of nitrogens with zero attached hydrogens (tertiary/aromatic N) is 2. The van der Waals surface area contributed by atoms with Crippen LogP contribution < -0.4 is 16.0 Å². The molecule has 3 N–H and O–H groups in total. The number of carbonyl (C=O) groups is 1. The minimum absolute atomic E-state index is 0. The zero-order chi connectivity index (χ0) is 19.5. The zero-order valence-corrected chi connectivity index (χ0v) is 19.8. The molecule has 154 valence electrons. The summed E-state index contributed by atoms with van der Waals surface area (Å²) >= 11 is 1.68. The highest BCUT2D eigenvalue weighted by Gasteiger charge is 2.06. The molecule has 28 heavy (non-hydrogen) atoms. The molecule has 0 atom stereocenters. The van der Waals surface area contributed by atoms with Crippen molar-refractivity contribution in [2.45, 2.75) is 20.0 Å². The highest BCUT2D eigenvalue weighted by atomic mass is 127. The van der Waals surface area contributed by atoms with Crippen LogP contribution in [0.15, 0.2) is 46.1 Å². The molecule has 1 aromatic heterocycles. The molecule has 0 fully saturated rings. The third-order valence-corrected chi connectivity index (χ3v) is 4.57. The van der Waals surface area contributed by atoms with Gasteiger partial charge in [-0.15, -0.1) is 24.0 Å². The van der Waals surface area contributed by atoms with Crippen molar-refractivity contribution in [1.82, 2.24) is 20.9 Å². The van der Waals surface area contributed by atoms with Crippen LogP contribution >= 0.6 is 35.3 Å². The van der Waals surface area contributed by atoms with Gasteiger partial charge in [-0.05, 0) is 61.1 Å². The molecule has 0 aliphatic carbocycles. The largest absolute Gasteiger partial charge is 0.357 e. The van der Waals surface area contributed by atoms with Crippen LogP contribution in [0.2, 0.25) is 0 Å². The molecule has 0 saturated heterocycles. The number of benzene rings is 1. The van der Waals surface area contributed by atoms with Crippen molar-refractivity contribution in [3.05, 3.63) is 57.8 Å². The van der Waals surface area contributed by atoms with Crippen LogP contribution in [0.25, 0.3) is 0 Å². The predicted octanol–water partition coefficient (Wildman–Crippen LogP) is 2.91. The van der Waals surface area contributed by atoms with Gasteiger partial charge < -0.3 is 20.9 Å². The maximum Gasteiger partial charge on any atom is 0.251 e. The lowest BCUT2D eigenvalue weighted by Crippen LogP contribution is -2.36. The maximum atomic E-state index is 12.3. The van der Waals surface area contributed by atoms with E-state index in [-0.39, 0.29) is 29.9 Å². The van der Waals surface area contributed by atoms with Crippen LogP contribution in [0.1, 0.15) is 28.4 Å². The Morgan fingerprint density at radius 2 is 1.96 bits per heavy atom. The van der Waals surface area contributed by atoms with Gasteiger partial charge in [0.1, 0.15) is 0 Å². The molecule has 0 aliphatic rings. The van der Waals surface area contributed by atoms with Gasteiger partial charge in [-0.1, -0.05) is 12.1 Å². The first-order chi connectivity index (χ1) is 13.1. The SMILES string of the molecule is CCNC(=NCc1ccsc1)NCc1cccc(C(=O)NCCN(C)C)c1.I. The molecule has 0 saturated carbocycles. The Balaban J connectivity index is 0.00000392. The zero-order valence-electron chi connectivity index (χ0n) is 16.7. The summed E-state index contributed by atoms with van der Waals surface area (Å²) in [6.45, 7) is 5.54. The summed E-state index contributed by atoms with van der Waals surface area (Å²) in [5, 5.41) is 13.7. The van der Waals surface area contributed by atoms with Crippen molar-refractivity contribution in [3.8, 4) is 0 Å². The molecular weight excluding hydrogens is 485 g/mol. The fraction of sp³-hybridized carbons (Fsp3) is 0.400. The maximum absolute atomic E-state index is 12.3. The minimum atomic E-state index is -0.0447. The lowest BCUT2D eigenvalue weighted by atomic mass is 10.1. The van der Waals surface area contributed by atoms with Gasteiger partial charge in [0.05, 0.1) is 6.54 Å². The smallest absolute Gasteiger partial charge is 0.251 e. The van der Waals surface area contributed by atoms with Crippen molar-refractivity contribution < 1.29 is 4.79 Å². The monoisotopic (exact) mass is 515 g/mol. The van der Waals surface area contributed by atoms with E-state index in [1.165, 1.54) is 5.56 Å². The van der Waals surface area contributed by atoms with E-state index in [4.69, 9.17) is 0 Å². The first-order valence-electron chi connectivity index (χ1n) is 9.13. The standard InChI is InChI=1S/C20H29N5OS.HI/c1-4-21-20(24-14-17-8-11-27-15-17)23-13-16-6-5-7-18(12-16)19(26)22-9-10-25(2)3;/h5-8,11-12,15H,4,9-10,13-14H2,1-3H3,(H,22,26)(H2,21,23,24);1H. The third-order valence-electron chi connectivity index (χ3n) is 3.84. The summed E-state index contributed by atoms with van der Waals surface area (Å²) in [5.41, 5.74) is 2.92.